The monoisotopic (exact) mass is 395 g/mol. The highest BCUT2D eigenvalue weighted by Crippen LogP contribution is 2.31. The van der Waals surface area contributed by atoms with Gasteiger partial charge in [-0.15, -0.1) is 5.10 Å². The van der Waals surface area contributed by atoms with Crippen LogP contribution in [0.2, 0.25) is 5.02 Å². The van der Waals surface area contributed by atoms with E-state index < -0.39 is 5.56 Å². The summed E-state index contributed by atoms with van der Waals surface area (Å²) in [5, 5.41) is 9.42. The molecule has 148 valence electrons. The lowest BCUT2D eigenvalue weighted by Crippen LogP contribution is -2.15. The minimum Gasteiger partial charge on any atom is -0.493 e. The lowest BCUT2D eigenvalue weighted by molar-refractivity contribution is 0.256. The van der Waals surface area contributed by atoms with Crippen LogP contribution >= 0.6 is 11.6 Å². The highest BCUT2D eigenvalue weighted by molar-refractivity contribution is 6.33. The molecular formula is C19H26ClN3O4. The lowest BCUT2D eigenvalue weighted by atomic mass is 10.2. The first-order chi connectivity index (χ1) is 13.0. The van der Waals surface area contributed by atoms with Gasteiger partial charge in [-0.1, -0.05) is 38.4 Å². The number of aromatic amines is 1. The van der Waals surface area contributed by atoms with Crippen LogP contribution < -0.4 is 25.1 Å². The fourth-order valence-electron chi connectivity index (χ4n) is 2.26. The molecule has 0 saturated heterocycles. The molecule has 0 atom stereocenters. The average molecular weight is 396 g/mol. The first-order valence-corrected chi connectivity index (χ1v) is 9.28. The minimum atomic E-state index is -0.473. The molecular weight excluding hydrogens is 370 g/mol. The van der Waals surface area contributed by atoms with Crippen molar-refractivity contribution in [1.82, 2.24) is 10.2 Å². The van der Waals surface area contributed by atoms with Gasteiger partial charge in [-0.25, -0.2) is 5.10 Å². The third-order valence-electron chi connectivity index (χ3n) is 3.60. The molecule has 0 fully saturated rings. The number of methoxy groups -OCH3 is 1. The van der Waals surface area contributed by atoms with Gasteiger partial charge in [0.2, 0.25) is 0 Å². The van der Waals surface area contributed by atoms with Crippen LogP contribution in [0.4, 0.5) is 5.69 Å². The van der Waals surface area contributed by atoms with Gasteiger partial charge < -0.3 is 19.5 Å². The maximum atomic E-state index is 11.8. The van der Waals surface area contributed by atoms with E-state index in [-0.39, 0.29) is 10.9 Å². The van der Waals surface area contributed by atoms with Crippen LogP contribution in [0.5, 0.6) is 17.4 Å². The predicted octanol–water partition coefficient (Wildman–Crippen LogP) is 3.87. The van der Waals surface area contributed by atoms with Crippen LogP contribution in [-0.2, 0) is 6.54 Å². The second-order valence-electron chi connectivity index (χ2n) is 6.44. The van der Waals surface area contributed by atoms with Gasteiger partial charge >= 0.3 is 0 Å². The van der Waals surface area contributed by atoms with Gasteiger partial charge in [0.25, 0.3) is 11.4 Å². The van der Waals surface area contributed by atoms with Crippen molar-refractivity contribution in [2.24, 2.45) is 5.92 Å². The Labute approximate surface area is 164 Å². The Balaban J connectivity index is 2.19. The Kier molecular flexibility index (Phi) is 7.79. The molecule has 0 aliphatic heterocycles. The van der Waals surface area contributed by atoms with E-state index in [0.29, 0.717) is 42.9 Å². The number of anilines is 1. The Morgan fingerprint density at radius 2 is 2.04 bits per heavy atom. The van der Waals surface area contributed by atoms with Gasteiger partial charge in [0, 0.05) is 6.54 Å². The number of nitrogens with one attached hydrogen (secondary N) is 2. The molecule has 27 heavy (non-hydrogen) atoms. The van der Waals surface area contributed by atoms with E-state index in [9.17, 15) is 4.79 Å². The Hall–Kier alpha value is -2.41. The second-order valence-corrected chi connectivity index (χ2v) is 6.82. The fraction of sp³-hybridized carbons (Fsp3) is 0.474. The van der Waals surface area contributed by atoms with E-state index in [1.807, 2.05) is 25.1 Å². The number of hydrogen-bond donors (Lipinski definition) is 2. The first kappa shape index (κ1) is 20.9. The van der Waals surface area contributed by atoms with Gasteiger partial charge in [0.15, 0.2) is 11.5 Å². The van der Waals surface area contributed by atoms with Crippen molar-refractivity contribution >= 4 is 17.3 Å². The summed E-state index contributed by atoms with van der Waals surface area (Å²) in [5.41, 5.74) is 0.834. The van der Waals surface area contributed by atoms with Crippen LogP contribution in [-0.4, -0.2) is 30.5 Å². The number of rotatable bonds is 10. The summed E-state index contributed by atoms with van der Waals surface area (Å²) in [6.45, 7) is 7.62. The van der Waals surface area contributed by atoms with Crippen LogP contribution in [0, 0.1) is 5.92 Å². The van der Waals surface area contributed by atoms with Crippen molar-refractivity contribution in [2.75, 3.05) is 25.6 Å². The molecule has 0 spiro atoms. The van der Waals surface area contributed by atoms with Crippen LogP contribution in [0.25, 0.3) is 0 Å². The first-order valence-electron chi connectivity index (χ1n) is 8.90. The molecule has 0 saturated carbocycles. The zero-order chi connectivity index (χ0) is 19.8. The van der Waals surface area contributed by atoms with Gasteiger partial charge in [-0.3, -0.25) is 4.79 Å². The fourth-order valence-corrected chi connectivity index (χ4v) is 2.45. The number of ether oxygens (including phenoxy) is 3. The molecule has 1 aromatic carbocycles. The van der Waals surface area contributed by atoms with E-state index >= 15 is 0 Å². The zero-order valence-electron chi connectivity index (χ0n) is 16.1. The molecule has 0 amide bonds. The molecule has 7 nitrogen and oxygen atoms in total. The maximum absolute atomic E-state index is 11.8. The van der Waals surface area contributed by atoms with Crippen molar-refractivity contribution in [3.05, 3.63) is 39.1 Å². The summed E-state index contributed by atoms with van der Waals surface area (Å²) in [7, 11) is 1.61. The van der Waals surface area contributed by atoms with Crippen molar-refractivity contribution in [3.63, 3.8) is 0 Å². The molecule has 0 radical (unpaired) electrons. The molecule has 0 bridgehead atoms. The number of H-pyrrole nitrogens is 1. The van der Waals surface area contributed by atoms with Crippen molar-refractivity contribution in [3.8, 4) is 17.4 Å². The summed E-state index contributed by atoms with van der Waals surface area (Å²) < 4.78 is 16.7. The highest BCUT2D eigenvalue weighted by Gasteiger charge is 2.14. The molecule has 1 aromatic heterocycles. The van der Waals surface area contributed by atoms with Gasteiger partial charge in [0.05, 0.1) is 20.3 Å². The summed E-state index contributed by atoms with van der Waals surface area (Å²) in [6, 6.07) is 5.66. The summed E-state index contributed by atoms with van der Waals surface area (Å²) in [6.07, 6.45) is 0.812. The third-order valence-corrected chi connectivity index (χ3v) is 3.96. The van der Waals surface area contributed by atoms with E-state index in [1.165, 1.54) is 0 Å². The molecule has 0 unspecified atom stereocenters. The van der Waals surface area contributed by atoms with Crippen molar-refractivity contribution in [2.45, 2.75) is 33.7 Å². The van der Waals surface area contributed by atoms with E-state index in [2.05, 4.69) is 29.4 Å². The van der Waals surface area contributed by atoms with Gasteiger partial charge in [0.1, 0.15) is 10.7 Å². The molecule has 0 aliphatic carbocycles. The van der Waals surface area contributed by atoms with Gasteiger partial charge in [-0.2, -0.15) is 0 Å². The summed E-state index contributed by atoms with van der Waals surface area (Å²) in [4.78, 5) is 11.8. The summed E-state index contributed by atoms with van der Waals surface area (Å²) in [5.74, 6) is 2.01. The molecule has 8 heteroatoms. The Bertz CT molecular complexity index is 808. The van der Waals surface area contributed by atoms with E-state index in [4.69, 9.17) is 25.8 Å². The normalized spacial score (nSPS) is 10.7. The number of benzene rings is 1. The van der Waals surface area contributed by atoms with E-state index in [1.54, 1.807) is 7.11 Å². The largest absolute Gasteiger partial charge is 0.493 e. The average Bonchev–Trinajstić information content (AvgIpc) is 2.66. The lowest BCUT2D eigenvalue weighted by Gasteiger charge is -2.15. The second kappa shape index (κ2) is 10.1. The van der Waals surface area contributed by atoms with Crippen LogP contribution in [0.15, 0.2) is 23.0 Å². The molecule has 1 heterocycles. The molecule has 2 N–H and O–H groups in total. The number of nitrogens with zero attached hydrogens (tertiary/aromatic N) is 1. The summed E-state index contributed by atoms with van der Waals surface area (Å²) >= 11 is 6.14. The Morgan fingerprint density at radius 3 is 2.70 bits per heavy atom. The SMILES string of the molecule is CCCOc1n[nH]c(=O)c(Cl)c1NCc1ccc(OC)c(OCC(C)C)c1. The molecule has 0 aliphatic rings. The highest BCUT2D eigenvalue weighted by atomic mass is 35.5. The predicted molar refractivity (Wildman–Crippen MR) is 106 cm³/mol. The molecule has 2 rings (SSSR count). The van der Waals surface area contributed by atoms with E-state index in [0.717, 1.165) is 12.0 Å². The number of hydrogen-bond acceptors (Lipinski definition) is 6. The topological polar surface area (TPSA) is 85.5 Å². The van der Waals surface area contributed by atoms with Crippen molar-refractivity contribution in [1.29, 1.82) is 0 Å². The standard InChI is InChI=1S/C19H26ClN3O4/c1-5-8-26-19-17(16(20)18(24)22-23-19)21-10-13-6-7-14(25-4)15(9-13)27-11-12(2)3/h6-7,9,12H,5,8,10-11H2,1-4H3,(H2,21,22,24). The van der Waals surface area contributed by atoms with Gasteiger partial charge in [-0.05, 0) is 30.0 Å². The Morgan fingerprint density at radius 1 is 1.26 bits per heavy atom. The quantitative estimate of drug-likeness (QED) is 0.635. The number of aromatic nitrogens is 2. The van der Waals surface area contributed by atoms with Crippen molar-refractivity contribution < 1.29 is 14.2 Å². The van der Waals surface area contributed by atoms with Crippen LogP contribution in [0.1, 0.15) is 32.8 Å². The third kappa shape index (κ3) is 5.79. The smallest absolute Gasteiger partial charge is 0.285 e. The molecule has 2 aromatic rings. The zero-order valence-corrected chi connectivity index (χ0v) is 16.9. The minimum absolute atomic E-state index is 0.0147. The maximum Gasteiger partial charge on any atom is 0.285 e. The number of halogens is 1. The van der Waals surface area contributed by atoms with Crippen LogP contribution in [0.3, 0.4) is 0 Å².